The molecule has 0 radical (unpaired) electrons. The molecule has 0 saturated carbocycles. The van der Waals surface area contributed by atoms with Crippen LogP contribution in [0.5, 0.6) is 0 Å². The number of aryl methyl sites for hydroxylation is 1. The van der Waals surface area contributed by atoms with E-state index in [-0.39, 0.29) is 5.91 Å². The molecule has 0 aliphatic rings. The van der Waals surface area contributed by atoms with E-state index in [1.807, 2.05) is 24.3 Å². The second kappa shape index (κ2) is 6.53. The molecule has 19 heavy (non-hydrogen) atoms. The minimum atomic E-state index is -0.0629. The van der Waals surface area contributed by atoms with Gasteiger partial charge in [-0.15, -0.1) is 10.2 Å². The van der Waals surface area contributed by atoms with Crippen molar-refractivity contribution in [3.63, 3.8) is 0 Å². The van der Waals surface area contributed by atoms with E-state index in [9.17, 15) is 4.79 Å². The fourth-order valence-electron chi connectivity index (χ4n) is 1.47. The second-order valence-electron chi connectivity index (χ2n) is 3.80. The van der Waals surface area contributed by atoms with Crippen LogP contribution in [-0.2, 0) is 11.2 Å². The van der Waals surface area contributed by atoms with Crippen molar-refractivity contribution in [3.8, 4) is 0 Å². The summed E-state index contributed by atoms with van der Waals surface area (Å²) in [5.41, 5.74) is 7.49. The third-order valence-corrected chi connectivity index (χ3v) is 4.25. The standard InChI is InChI=1S/C12H14N4OS2/c1-2-8-4-3-5-9(6-8)14-10(17)7-18-12-16-15-11(13)19-12/h3-6H,2,7H2,1H3,(H2,13,15)(H,14,17). The maximum atomic E-state index is 11.8. The number of amides is 1. The molecule has 0 bridgehead atoms. The molecule has 3 N–H and O–H groups in total. The Balaban J connectivity index is 1.86. The zero-order valence-electron chi connectivity index (χ0n) is 10.4. The first kappa shape index (κ1) is 13.8. The molecule has 0 fully saturated rings. The Morgan fingerprint density at radius 2 is 2.32 bits per heavy atom. The molecule has 2 rings (SSSR count). The summed E-state index contributed by atoms with van der Waals surface area (Å²) in [6.07, 6.45) is 0.947. The van der Waals surface area contributed by atoms with Gasteiger partial charge in [-0.25, -0.2) is 0 Å². The SMILES string of the molecule is CCc1cccc(NC(=O)CSc2nnc(N)s2)c1. The van der Waals surface area contributed by atoms with Crippen LogP contribution in [0.1, 0.15) is 12.5 Å². The third-order valence-electron chi connectivity index (χ3n) is 2.37. The van der Waals surface area contributed by atoms with Crippen LogP contribution in [0.25, 0.3) is 0 Å². The lowest BCUT2D eigenvalue weighted by Crippen LogP contribution is -2.14. The molecule has 2 aromatic rings. The Labute approximate surface area is 119 Å². The van der Waals surface area contributed by atoms with Gasteiger partial charge in [0, 0.05) is 5.69 Å². The first-order valence-electron chi connectivity index (χ1n) is 5.78. The zero-order valence-corrected chi connectivity index (χ0v) is 12.1. The van der Waals surface area contributed by atoms with Crippen molar-refractivity contribution in [1.82, 2.24) is 10.2 Å². The van der Waals surface area contributed by atoms with Gasteiger partial charge in [-0.3, -0.25) is 4.79 Å². The van der Waals surface area contributed by atoms with Gasteiger partial charge in [0.15, 0.2) is 4.34 Å². The molecule has 0 spiro atoms. The quantitative estimate of drug-likeness (QED) is 0.828. The fraction of sp³-hybridized carbons (Fsp3) is 0.250. The monoisotopic (exact) mass is 294 g/mol. The average molecular weight is 294 g/mol. The number of hydrogen-bond acceptors (Lipinski definition) is 6. The van der Waals surface area contributed by atoms with E-state index < -0.39 is 0 Å². The predicted molar refractivity (Wildman–Crippen MR) is 79.5 cm³/mol. The minimum absolute atomic E-state index is 0.0629. The molecule has 0 aliphatic carbocycles. The van der Waals surface area contributed by atoms with Crippen molar-refractivity contribution >= 4 is 39.8 Å². The molecule has 1 aromatic carbocycles. The number of carbonyl (C=O) groups excluding carboxylic acids is 1. The molecule has 100 valence electrons. The summed E-state index contributed by atoms with van der Waals surface area (Å²) in [6.45, 7) is 2.08. The minimum Gasteiger partial charge on any atom is -0.374 e. The topological polar surface area (TPSA) is 80.9 Å². The van der Waals surface area contributed by atoms with Crippen LogP contribution >= 0.6 is 23.1 Å². The van der Waals surface area contributed by atoms with Crippen LogP contribution < -0.4 is 11.1 Å². The third kappa shape index (κ3) is 4.22. The highest BCUT2D eigenvalue weighted by Gasteiger charge is 2.07. The molecule has 0 unspecified atom stereocenters. The van der Waals surface area contributed by atoms with Gasteiger partial charge in [-0.1, -0.05) is 42.2 Å². The summed E-state index contributed by atoms with van der Waals surface area (Å²) in [4.78, 5) is 11.8. The van der Waals surface area contributed by atoms with E-state index in [2.05, 4.69) is 22.4 Å². The number of nitrogens with zero attached hydrogens (tertiary/aromatic N) is 2. The first-order chi connectivity index (χ1) is 9.17. The number of hydrogen-bond donors (Lipinski definition) is 2. The number of aromatic nitrogens is 2. The van der Waals surface area contributed by atoms with E-state index >= 15 is 0 Å². The Bertz CT molecular complexity index is 570. The lowest BCUT2D eigenvalue weighted by Gasteiger charge is -2.05. The number of anilines is 2. The molecular formula is C12H14N4OS2. The molecule has 0 saturated heterocycles. The van der Waals surface area contributed by atoms with E-state index in [1.165, 1.54) is 28.7 Å². The summed E-state index contributed by atoms with van der Waals surface area (Å²) in [5, 5.41) is 10.8. The van der Waals surface area contributed by atoms with Crippen LogP contribution in [0, 0.1) is 0 Å². The number of nitrogen functional groups attached to an aromatic ring is 1. The Morgan fingerprint density at radius 1 is 1.47 bits per heavy atom. The summed E-state index contributed by atoms with van der Waals surface area (Å²) < 4.78 is 0.704. The highest BCUT2D eigenvalue weighted by atomic mass is 32.2. The zero-order chi connectivity index (χ0) is 13.7. The van der Waals surface area contributed by atoms with Crippen molar-refractivity contribution < 1.29 is 4.79 Å². The number of nitrogens with two attached hydrogens (primary N) is 1. The van der Waals surface area contributed by atoms with Crippen molar-refractivity contribution in [2.24, 2.45) is 0 Å². The highest BCUT2D eigenvalue weighted by Crippen LogP contribution is 2.23. The van der Waals surface area contributed by atoms with E-state index in [0.29, 0.717) is 15.2 Å². The molecule has 1 heterocycles. The Morgan fingerprint density at radius 3 is 3.00 bits per heavy atom. The molecule has 5 nitrogen and oxygen atoms in total. The van der Waals surface area contributed by atoms with Gasteiger partial charge in [0.25, 0.3) is 0 Å². The number of benzene rings is 1. The number of rotatable bonds is 5. The van der Waals surface area contributed by atoms with Crippen LogP contribution in [-0.4, -0.2) is 21.9 Å². The normalized spacial score (nSPS) is 10.4. The molecule has 0 atom stereocenters. The van der Waals surface area contributed by atoms with Gasteiger partial charge in [-0.2, -0.15) is 0 Å². The maximum absolute atomic E-state index is 11.8. The largest absolute Gasteiger partial charge is 0.374 e. The fourth-order valence-corrected chi connectivity index (χ4v) is 2.91. The smallest absolute Gasteiger partial charge is 0.234 e. The van der Waals surface area contributed by atoms with Crippen LogP contribution in [0.4, 0.5) is 10.8 Å². The summed E-state index contributed by atoms with van der Waals surface area (Å²) in [6, 6.07) is 7.83. The average Bonchev–Trinajstić information content (AvgIpc) is 2.82. The van der Waals surface area contributed by atoms with E-state index in [0.717, 1.165) is 12.1 Å². The molecule has 1 amide bonds. The van der Waals surface area contributed by atoms with Gasteiger partial charge < -0.3 is 11.1 Å². The van der Waals surface area contributed by atoms with Gasteiger partial charge in [-0.05, 0) is 24.1 Å². The van der Waals surface area contributed by atoms with Crippen LogP contribution in [0.15, 0.2) is 28.6 Å². The summed E-state index contributed by atoms with van der Waals surface area (Å²) in [5.74, 6) is 0.234. The molecule has 7 heteroatoms. The second-order valence-corrected chi connectivity index (χ2v) is 6.03. The number of carbonyl (C=O) groups is 1. The Hall–Kier alpha value is -1.60. The lowest BCUT2D eigenvalue weighted by molar-refractivity contribution is -0.113. The molecule has 0 aliphatic heterocycles. The highest BCUT2D eigenvalue weighted by molar-refractivity contribution is 8.01. The first-order valence-corrected chi connectivity index (χ1v) is 7.58. The number of nitrogens with one attached hydrogen (secondary N) is 1. The van der Waals surface area contributed by atoms with Gasteiger partial charge in [0.1, 0.15) is 0 Å². The summed E-state index contributed by atoms with van der Waals surface area (Å²) >= 11 is 2.61. The van der Waals surface area contributed by atoms with Gasteiger partial charge in [0.05, 0.1) is 5.75 Å². The molecular weight excluding hydrogens is 280 g/mol. The van der Waals surface area contributed by atoms with Gasteiger partial charge >= 0.3 is 0 Å². The Kier molecular flexibility index (Phi) is 4.75. The molecule has 1 aromatic heterocycles. The van der Waals surface area contributed by atoms with Crippen LogP contribution in [0.3, 0.4) is 0 Å². The van der Waals surface area contributed by atoms with E-state index in [4.69, 9.17) is 5.73 Å². The lowest BCUT2D eigenvalue weighted by atomic mass is 10.1. The van der Waals surface area contributed by atoms with E-state index in [1.54, 1.807) is 0 Å². The van der Waals surface area contributed by atoms with Crippen molar-refractivity contribution in [2.75, 3.05) is 16.8 Å². The van der Waals surface area contributed by atoms with Crippen LogP contribution in [0.2, 0.25) is 0 Å². The van der Waals surface area contributed by atoms with Crippen molar-refractivity contribution in [1.29, 1.82) is 0 Å². The predicted octanol–water partition coefficient (Wildman–Crippen LogP) is 2.41. The summed E-state index contributed by atoms with van der Waals surface area (Å²) in [7, 11) is 0. The number of thioether (sulfide) groups is 1. The van der Waals surface area contributed by atoms with Crippen molar-refractivity contribution in [2.45, 2.75) is 17.7 Å². The van der Waals surface area contributed by atoms with Crippen molar-refractivity contribution in [3.05, 3.63) is 29.8 Å². The van der Waals surface area contributed by atoms with Gasteiger partial charge in [0.2, 0.25) is 11.0 Å². The maximum Gasteiger partial charge on any atom is 0.234 e.